The first-order valence-electron chi connectivity index (χ1n) is 9.93. The number of benzene rings is 1. The lowest BCUT2D eigenvalue weighted by Gasteiger charge is -2.35. The molecule has 1 fully saturated rings. The predicted octanol–water partition coefficient (Wildman–Crippen LogP) is 2.73. The number of nitrogens with zero attached hydrogens (tertiary/aromatic N) is 6. The summed E-state index contributed by atoms with van der Waals surface area (Å²) in [4.78, 5) is 22.9. The zero-order valence-corrected chi connectivity index (χ0v) is 16.2. The number of aromatic nitrogens is 5. The average Bonchev–Trinajstić information content (AvgIpc) is 3.25. The van der Waals surface area contributed by atoms with Gasteiger partial charge in [0.25, 0.3) is 5.91 Å². The molecule has 1 unspecified atom stereocenters. The van der Waals surface area contributed by atoms with Crippen molar-refractivity contribution in [3.05, 3.63) is 66.5 Å². The Bertz CT molecular complexity index is 915. The molecule has 3 heterocycles. The lowest BCUT2D eigenvalue weighted by molar-refractivity contribution is 0.0587. The van der Waals surface area contributed by atoms with Crippen LogP contribution in [0.25, 0.3) is 0 Å². The fourth-order valence-electron chi connectivity index (χ4n) is 3.59. The molecule has 29 heavy (non-hydrogen) atoms. The van der Waals surface area contributed by atoms with Gasteiger partial charge in [0, 0.05) is 31.5 Å². The molecule has 0 spiro atoms. The van der Waals surface area contributed by atoms with Crippen LogP contribution < -0.4 is 4.74 Å². The highest BCUT2D eigenvalue weighted by atomic mass is 16.5. The first-order valence-corrected chi connectivity index (χ1v) is 9.93. The Balaban J connectivity index is 1.32. The van der Waals surface area contributed by atoms with E-state index in [1.54, 1.807) is 12.4 Å². The molecule has 2 aromatic heterocycles. The van der Waals surface area contributed by atoms with Gasteiger partial charge >= 0.3 is 0 Å². The van der Waals surface area contributed by atoms with Gasteiger partial charge < -0.3 is 9.64 Å². The zero-order valence-electron chi connectivity index (χ0n) is 16.2. The third kappa shape index (κ3) is 4.96. The average molecular weight is 392 g/mol. The van der Waals surface area contributed by atoms with Crippen molar-refractivity contribution in [2.45, 2.75) is 44.9 Å². The largest absolute Gasteiger partial charge is 0.487 e. The van der Waals surface area contributed by atoms with Gasteiger partial charge in [-0.1, -0.05) is 23.4 Å². The van der Waals surface area contributed by atoms with Crippen LogP contribution in [0, 0.1) is 0 Å². The van der Waals surface area contributed by atoms with E-state index in [0.29, 0.717) is 18.8 Å². The Morgan fingerprint density at radius 1 is 1.17 bits per heavy atom. The van der Waals surface area contributed by atoms with E-state index in [-0.39, 0.29) is 11.9 Å². The van der Waals surface area contributed by atoms with Crippen LogP contribution in [0.1, 0.15) is 41.9 Å². The minimum absolute atomic E-state index is 0.0432. The highest BCUT2D eigenvalue weighted by molar-refractivity contribution is 5.92. The maximum Gasteiger partial charge on any atom is 0.274 e. The number of carbonyl (C=O) groups excluding carboxylic acids is 1. The van der Waals surface area contributed by atoms with Gasteiger partial charge in [0.2, 0.25) is 0 Å². The zero-order chi connectivity index (χ0) is 19.9. The summed E-state index contributed by atoms with van der Waals surface area (Å²) in [5.41, 5.74) is 1.19. The van der Waals surface area contributed by atoms with E-state index >= 15 is 0 Å². The number of para-hydroxylation sites is 1. The second kappa shape index (κ2) is 9.27. The Hall–Kier alpha value is -3.29. The van der Waals surface area contributed by atoms with Gasteiger partial charge in [0.05, 0.1) is 12.4 Å². The topological polar surface area (TPSA) is 86.0 Å². The summed E-state index contributed by atoms with van der Waals surface area (Å²) >= 11 is 0. The molecule has 1 amide bonds. The van der Waals surface area contributed by atoms with Gasteiger partial charge in [0.15, 0.2) is 0 Å². The van der Waals surface area contributed by atoms with Gasteiger partial charge in [0.1, 0.15) is 23.7 Å². The van der Waals surface area contributed by atoms with E-state index in [0.717, 1.165) is 43.7 Å². The van der Waals surface area contributed by atoms with E-state index in [4.69, 9.17) is 4.74 Å². The van der Waals surface area contributed by atoms with Crippen LogP contribution >= 0.6 is 0 Å². The lowest BCUT2D eigenvalue weighted by Crippen LogP contribution is -2.44. The number of amides is 1. The highest BCUT2D eigenvalue weighted by Gasteiger charge is 2.28. The van der Waals surface area contributed by atoms with Crippen LogP contribution in [-0.2, 0) is 13.2 Å². The highest BCUT2D eigenvalue weighted by Crippen LogP contribution is 2.22. The summed E-state index contributed by atoms with van der Waals surface area (Å²) in [6.07, 6.45) is 10.5. The van der Waals surface area contributed by atoms with Crippen molar-refractivity contribution in [1.29, 1.82) is 0 Å². The molecule has 1 aromatic carbocycles. The Morgan fingerprint density at radius 3 is 2.90 bits per heavy atom. The van der Waals surface area contributed by atoms with Crippen molar-refractivity contribution in [2.24, 2.45) is 0 Å². The minimum atomic E-state index is -0.0432. The minimum Gasteiger partial charge on any atom is -0.487 e. The molecule has 1 atom stereocenters. The lowest BCUT2D eigenvalue weighted by atomic mass is 9.99. The van der Waals surface area contributed by atoms with Crippen molar-refractivity contribution >= 4 is 5.91 Å². The summed E-state index contributed by atoms with van der Waals surface area (Å²) in [6.45, 7) is 1.84. The first-order chi connectivity index (χ1) is 14.3. The Kier molecular flexibility index (Phi) is 6.09. The molecule has 3 aromatic rings. The molecule has 0 radical (unpaired) electrons. The molecule has 0 bridgehead atoms. The van der Waals surface area contributed by atoms with Crippen molar-refractivity contribution in [3.8, 4) is 5.75 Å². The van der Waals surface area contributed by atoms with Crippen LogP contribution in [0.2, 0.25) is 0 Å². The molecule has 0 saturated carbocycles. The van der Waals surface area contributed by atoms with Crippen LogP contribution in [0.5, 0.6) is 5.75 Å². The van der Waals surface area contributed by atoms with Crippen molar-refractivity contribution < 1.29 is 9.53 Å². The van der Waals surface area contributed by atoms with Crippen LogP contribution in [-0.4, -0.2) is 48.4 Å². The van der Waals surface area contributed by atoms with Gasteiger partial charge in [-0.25, -0.2) is 4.98 Å². The second-order valence-electron chi connectivity index (χ2n) is 7.10. The van der Waals surface area contributed by atoms with Crippen LogP contribution in [0.3, 0.4) is 0 Å². The summed E-state index contributed by atoms with van der Waals surface area (Å²) in [5, 5.41) is 8.39. The summed E-state index contributed by atoms with van der Waals surface area (Å²) in [6, 6.07) is 9.82. The molecular formula is C21H24N6O2. The number of likely N-dealkylation sites (tertiary alicyclic amines) is 1. The van der Waals surface area contributed by atoms with E-state index in [2.05, 4.69) is 20.3 Å². The Labute approximate surface area is 169 Å². The number of aryl methyl sites for hydroxylation is 1. The summed E-state index contributed by atoms with van der Waals surface area (Å²) < 4.78 is 7.54. The quantitative estimate of drug-likeness (QED) is 0.615. The third-order valence-corrected chi connectivity index (χ3v) is 5.08. The standard InChI is InChI=1S/C21H24N6O2/c28-21(20-14-22-10-11-23-20)27-12-5-4-6-18(27)9-13-26-15-17(24-25-26)16-29-19-7-2-1-3-8-19/h1-3,7-8,10-11,14-15,18H,4-6,9,12-13,16H2. The second-order valence-corrected chi connectivity index (χ2v) is 7.10. The SMILES string of the molecule is O=C(c1cnccn1)N1CCCCC1CCn1cc(COc2ccccc2)nn1. The monoisotopic (exact) mass is 392 g/mol. The van der Waals surface area contributed by atoms with Crippen molar-refractivity contribution in [3.63, 3.8) is 0 Å². The normalized spacial score (nSPS) is 16.6. The number of ether oxygens (including phenoxy) is 1. The van der Waals surface area contributed by atoms with Crippen LogP contribution in [0.15, 0.2) is 55.1 Å². The fraction of sp³-hybridized carbons (Fsp3) is 0.381. The van der Waals surface area contributed by atoms with Crippen LogP contribution in [0.4, 0.5) is 0 Å². The van der Waals surface area contributed by atoms with E-state index in [1.807, 2.05) is 46.1 Å². The van der Waals surface area contributed by atoms with E-state index in [9.17, 15) is 4.79 Å². The molecule has 1 aliphatic heterocycles. The number of carbonyl (C=O) groups is 1. The predicted molar refractivity (Wildman–Crippen MR) is 106 cm³/mol. The maximum absolute atomic E-state index is 12.8. The maximum atomic E-state index is 12.8. The summed E-state index contributed by atoms with van der Waals surface area (Å²) in [7, 11) is 0. The molecule has 8 heteroatoms. The van der Waals surface area contributed by atoms with Gasteiger partial charge in [-0.3, -0.25) is 14.5 Å². The third-order valence-electron chi connectivity index (χ3n) is 5.08. The molecular weight excluding hydrogens is 368 g/mol. The van der Waals surface area contributed by atoms with E-state index in [1.165, 1.54) is 6.20 Å². The molecule has 0 N–H and O–H groups in total. The van der Waals surface area contributed by atoms with Gasteiger partial charge in [-0.15, -0.1) is 5.10 Å². The number of piperidine rings is 1. The number of hydrogen-bond donors (Lipinski definition) is 0. The smallest absolute Gasteiger partial charge is 0.274 e. The molecule has 150 valence electrons. The van der Waals surface area contributed by atoms with Gasteiger partial charge in [-0.05, 0) is 37.8 Å². The molecule has 0 aliphatic carbocycles. The number of rotatable bonds is 7. The first kappa shape index (κ1) is 19.0. The van der Waals surface area contributed by atoms with E-state index < -0.39 is 0 Å². The fourth-order valence-corrected chi connectivity index (χ4v) is 3.59. The number of hydrogen-bond acceptors (Lipinski definition) is 6. The molecule has 1 aliphatic rings. The van der Waals surface area contributed by atoms with Crippen molar-refractivity contribution in [2.75, 3.05) is 6.54 Å². The molecule has 8 nitrogen and oxygen atoms in total. The molecule has 1 saturated heterocycles. The Morgan fingerprint density at radius 2 is 2.07 bits per heavy atom. The summed E-state index contributed by atoms with van der Waals surface area (Å²) in [5.74, 6) is 0.765. The van der Waals surface area contributed by atoms with Crippen molar-refractivity contribution in [1.82, 2.24) is 29.9 Å². The molecule has 4 rings (SSSR count). The van der Waals surface area contributed by atoms with Gasteiger partial charge in [-0.2, -0.15) is 0 Å².